The Labute approximate surface area is 194 Å². The molecule has 2 heterocycles. The van der Waals surface area contributed by atoms with E-state index in [9.17, 15) is 9.59 Å². The Morgan fingerprint density at radius 2 is 1.97 bits per heavy atom. The predicted molar refractivity (Wildman–Crippen MR) is 128 cm³/mol. The summed E-state index contributed by atoms with van der Waals surface area (Å²) in [5.41, 5.74) is 2.37. The molecule has 0 saturated heterocycles. The molecule has 1 aliphatic rings. The van der Waals surface area contributed by atoms with Crippen molar-refractivity contribution in [1.29, 1.82) is 0 Å². The second-order valence-corrected chi connectivity index (χ2v) is 9.20. The van der Waals surface area contributed by atoms with Crippen LogP contribution in [-0.2, 0) is 11.4 Å². The minimum atomic E-state index is -0.283. The predicted octanol–water partition coefficient (Wildman–Crippen LogP) is 5.42. The van der Waals surface area contributed by atoms with Gasteiger partial charge in [0.05, 0.1) is 5.69 Å². The normalized spacial score (nSPS) is 18.4. The van der Waals surface area contributed by atoms with Gasteiger partial charge in [-0.1, -0.05) is 32.3 Å². The molecule has 2 aromatic heterocycles. The second-order valence-electron chi connectivity index (χ2n) is 9.20. The zero-order valence-electron chi connectivity index (χ0n) is 19.7. The van der Waals surface area contributed by atoms with Gasteiger partial charge in [-0.25, -0.2) is 4.98 Å². The highest BCUT2D eigenvalue weighted by Crippen LogP contribution is 2.33. The van der Waals surface area contributed by atoms with Crippen LogP contribution in [0.4, 0.5) is 5.69 Å². The van der Waals surface area contributed by atoms with Gasteiger partial charge in [0.25, 0.3) is 5.56 Å². The summed E-state index contributed by atoms with van der Waals surface area (Å²) in [6, 6.07) is 8.79. The molecule has 7 heteroatoms. The molecule has 176 valence electrons. The lowest BCUT2D eigenvalue weighted by atomic mass is 9.79. The third-order valence-electron chi connectivity index (χ3n) is 6.54. The largest absolute Gasteiger partial charge is 0.487 e. The molecule has 3 aromatic rings. The maximum atomic E-state index is 12.8. The minimum Gasteiger partial charge on any atom is -0.487 e. The summed E-state index contributed by atoms with van der Waals surface area (Å²) in [5.74, 6) is 2.22. The van der Waals surface area contributed by atoms with Gasteiger partial charge < -0.3 is 14.6 Å². The molecule has 0 bridgehead atoms. The number of aromatic nitrogens is 2. The number of nitrogens with one attached hydrogen (secondary N) is 1. The minimum absolute atomic E-state index is 0.0795. The highest BCUT2D eigenvalue weighted by Gasteiger charge is 2.26. The van der Waals surface area contributed by atoms with Crippen molar-refractivity contribution >= 4 is 17.2 Å². The van der Waals surface area contributed by atoms with Crippen molar-refractivity contribution in [2.45, 2.75) is 72.3 Å². The maximum Gasteiger partial charge on any atom is 0.287 e. The molecule has 0 unspecified atom stereocenters. The molecule has 7 nitrogen and oxygen atoms in total. The Balaban J connectivity index is 1.37. The van der Waals surface area contributed by atoms with Crippen LogP contribution in [0, 0.1) is 25.7 Å². The molecule has 1 fully saturated rings. The number of fused-ring (bicyclic) bond motifs is 1. The number of rotatable bonds is 8. The molecule has 1 aromatic carbocycles. The van der Waals surface area contributed by atoms with E-state index in [2.05, 4.69) is 17.2 Å². The zero-order chi connectivity index (χ0) is 23.4. The second kappa shape index (κ2) is 10.2. The molecule has 0 atom stereocenters. The molecular formula is C26H33N3O4. The lowest BCUT2D eigenvalue weighted by Gasteiger charge is -2.27. The smallest absolute Gasteiger partial charge is 0.287 e. The van der Waals surface area contributed by atoms with Crippen molar-refractivity contribution in [3.8, 4) is 5.75 Å². The number of amides is 1. The summed E-state index contributed by atoms with van der Waals surface area (Å²) in [5, 5.41) is 3.07. The van der Waals surface area contributed by atoms with Crippen molar-refractivity contribution in [3.63, 3.8) is 0 Å². The molecule has 4 rings (SSSR count). The number of hydrogen-bond acceptors (Lipinski definition) is 5. The summed E-state index contributed by atoms with van der Waals surface area (Å²) in [4.78, 5) is 29.5. The fourth-order valence-corrected chi connectivity index (χ4v) is 4.58. The Morgan fingerprint density at radius 3 is 2.73 bits per heavy atom. The van der Waals surface area contributed by atoms with Crippen molar-refractivity contribution < 1.29 is 14.1 Å². The Bertz CT molecular complexity index is 1170. The molecule has 0 radical (unpaired) electrons. The van der Waals surface area contributed by atoms with Gasteiger partial charge in [0, 0.05) is 29.8 Å². The van der Waals surface area contributed by atoms with Crippen LogP contribution in [0.5, 0.6) is 5.75 Å². The fourth-order valence-electron chi connectivity index (χ4n) is 4.58. The lowest BCUT2D eigenvalue weighted by molar-refractivity contribution is -0.121. The summed E-state index contributed by atoms with van der Waals surface area (Å²) in [7, 11) is 0. The number of hydrogen-bond donors (Lipinski definition) is 1. The lowest BCUT2D eigenvalue weighted by Crippen LogP contribution is -2.27. The standard InChI is InChI=1S/C26H33N3O4/c1-4-5-6-19-8-10-20(11-9-19)26(31)28-21-12-7-17(2)23(14-21)32-16-22-15-25(30)29-24(27-22)13-18(3)33-29/h7,12-15,19-20H,4-6,8-11,16H2,1-3H3,(H,28,31). The summed E-state index contributed by atoms with van der Waals surface area (Å²) in [6.45, 7) is 6.10. The average molecular weight is 452 g/mol. The first-order chi connectivity index (χ1) is 15.9. The first-order valence-corrected chi connectivity index (χ1v) is 12.0. The fraction of sp³-hybridized carbons (Fsp3) is 0.500. The molecular weight excluding hydrogens is 418 g/mol. The number of ether oxygens (including phenoxy) is 1. The van der Waals surface area contributed by atoms with Crippen molar-refractivity contribution in [2.24, 2.45) is 11.8 Å². The van der Waals surface area contributed by atoms with Gasteiger partial charge >= 0.3 is 0 Å². The van der Waals surface area contributed by atoms with E-state index in [4.69, 9.17) is 9.26 Å². The summed E-state index contributed by atoms with van der Waals surface area (Å²) < 4.78 is 12.4. The first-order valence-electron chi connectivity index (χ1n) is 12.0. The molecule has 1 N–H and O–H groups in total. The van der Waals surface area contributed by atoms with Gasteiger partial charge in [-0.2, -0.15) is 0 Å². The zero-order valence-corrected chi connectivity index (χ0v) is 19.7. The van der Waals surface area contributed by atoms with Crippen LogP contribution in [0.25, 0.3) is 5.65 Å². The van der Waals surface area contributed by atoms with Gasteiger partial charge in [0.15, 0.2) is 5.65 Å². The number of unbranched alkanes of at least 4 members (excludes halogenated alkanes) is 1. The van der Waals surface area contributed by atoms with Crippen LogP contribution in [0.3, 0.4) is 0 Å². The average Bonchev–Trinajstić information content (AvgIpc) is 3.19. The Hall–Kier alpha value is -3.09. The molecule has 1 amide bonds. The topological polar surface area (TPSA) is 85.8 Å². The van der Waals surface area contributed by atoms with E-state index < -0.39 is 0 Å². The number of aryl methyl sites for hydroxylation is 2. The monoisotopic (exact) mass is 451 g/mol. The van der Waals surface area contributed by atoms with E-state index in [0.717, 1.165) is 47.4 Å². The highest BCUT2D eigenvalue weighted by atomic mass is 16.5. The van der Waals surface area contributed by atoms with Crippen molar-refractivity contribution in [1.82, 2.24) is 9.56 Å². The van der Waals surface area contributed by atoms with E-state index in [1.54, 1.807) is 13.0 Å². The summed E-state index contributed by atoms with van der Waals surface area (Å²) in [6.07, 6.45) is 8.04. The quantitative estimate of drug-likeness (QED) is 0.494. The maximum absolute atomic E-state index is 12.8. The van der Waals surface area contributed by atoms with Crippen LogP contribution in [-0.4, -0.2) is 15.5 Å². The molecule has 1 saturated carbocycles. The molecule has 1 aliphatic carbocycles. The van der Waals surface area contributed by atoms with Crippen LogP contribution < -0.4 is 15.6 Å². The molecule has 0 spiro atoms. The van der Waals surface area contributed by atoms with E-state index in [1.165, 1.54) is 25.3 Å². The number of anilines is 1. The molecule has 33 heavy (non-hydrogen) atoms. The van der Waals surface area contributed by atoms with Gasteiger partial charge in [-0.05, 0) is 57.1 Å². The number of nitrogens with zero attached hydrogens (tertiary/aromatic N) is 2. The van der Waals surface area contributed by atoms with Crippen LogP contribution in [0.15, 0.2) is 39.6 Å². The van der Waals surface area contributed by atoms with E-state index in [-0.39, 0.29) is 24.0 Å². The van der Waals surface area contributed by atoms with Crippen molar-refractivity contribution in [3.05, 3.63) is 57.7 Å². The summed E-state index contributed by atoms with van der Waals surface area (Å²) >= 11 is 0. The van der Waals surface area contributed by atoms with Gasteiger partial charge in [-0.3, -0.25) is 9.59 Å². The van der Waals surface area contributed by atoms with E-state index in [0.29, 0.717) is 22.9 Å². The van der Waals surface area contributed by atoms with Crippen LogP contribution in [0.1, 0.15) is 68.9 Å². The first kappa shape index (κ1) is 23.1. The number of benzene rings is 1. The van der Waals surface area contributed by atoms with Gasteiger partial charge in [-0.15, -0.1) is 4.57 Å². The molecule has 0 aliphatic heterocycles. The highest BCUT2D eigenvalue weighted by molar-refractivity contribution is 5.92. The van der Waals surface area contributed by atoms with Gasteiger partial charge in [0.1, 0.15) is 18.1 Å². The number of carbonyl (C=O) groups excluding carboxylic acids is 1. The SMILES string of the molecule is CCCCC1CCC(C(=O)Nc2ccc(C)c(OCc3cc(=O)n4oc(C)cc4n3)c2)CC1. The van der Waals surface area contributed by atoms with Crippen LogP contribution in [0.2, 0.25) is 0 Å². The van der Waals surface area contributed by atoms with Crippen LogP contribution >= 0.6 is 0 Å². The third-order valence-corrected chi connectivity index (χ3v) is 6.54. The van der Waals surface area contributed by atoms with Crippen molar-refractivity contribution in [2.75, 3.05) is 5.32 Å². The van der Waals surface area contributed by atoms with E-state index in [1.807, 2.05) is 25.1 Å². The Kier molecular flexibility index (Phi) is 7.16. The third kappa shape index (κ3) is 5.64. The number of carbonyl (C=O) groups is 1. The van der Waals surface area contributed by atoms with E-state index >= 15 is 0 Å². The Morgan fingerprint density at radius 1 is 1.18 bits per heavy atom. The van der Waals surface area contributed by atoms with Gasteiger partial charge in [0.2, 0.25) is 5.91 Å².